The molecule has 2 heterocycles. The van der Waals surface area contributed by atoms with Gasteiger partial charge in [-0.15, -0.1) is 0 Å². The number of nitrogens with one attached hydrogen (secondary N) is 2. The van der Waals surface area contributed by atoms with E-state index in [-0.39, 0.29) is 11.2 Å². The molecular weight excluding hydrogens is 236 g/mol. The van der Waals surface area contributed by atoms with E-state index in [9.17, 15) is 9.59 Å². The third kappa shape index (κ3) is 1.80. The third-order valence-electron chi connectivity index (χ3n) is 2.73. The Hall–Kier alpha value is -2.09. The van der Waals surface area contributed by atoms with Gasteiger partial charge in [-0.25, -0.2) is 4.79 Å². The zero-order valence-corrected chi connectivity index (χ0v) is 10.4. The maximum Gasteiger partial charge on any atom is 0.332 e. The Labute approximate surface area is 102 Å². The van der Waals surface area contributed by atoms with Gasteiger partial charge >= 0.3 is 5.69 Å². The lowest BCUT2D eigenvalue weighted by Crippen LogP contribution is -2.38. The lowest BCUT2D eigenvalue weighted by molar-refractivity contribution is 0.637. The molecule has 0 unspecified atom stereocenters. The number of imidazole rings is 1. The summed E-state index contributed by atoms with van der Waals surface area (Å²) in [7, 11) is 1.59. The lowest BCUT2D eigenvalue weighted by atomic mass is 10.5. The second kappa shape index (κ2) is 4.65. The summed E-state index contributed by atoms with van der Waals surface area (Å²) < 4.78 is 2.51. The van der Waals surface area contributed by atoms with E-state index in [0.717, 1.165) is 4.57 Å². The van der Waals surface area contributed by atoms with Crippen LogP contribution in [0.4, 0.5) is 5.95 Å². The van der Waals surface area contributed by atoms with Crippen molar-refractivity contribution in [2.75, 3.05) is 18.4 Å². The zero-order valence-electron chi connectivity index (χ0n) is 10.4. The van der Waals surface area contributed by atoms with Crippen molar-refractivity contribution in [3.8, 4) is 0 Å². The molecule has 0 fully saturated rings. The predicted molar refractivity (Wildman–Crippen MR) is 68.8 cm³/mol. The number of nitrogens with two attached hydrogens (primary N) is 1. The molecule has 0 radical (unpaired) electrons. The molecule has 4 N–H and O–H groups in total. The van der Waals surface area contributed by atoms with Gasteiger partial charge in [0.2, 0.25) is 5.95 Å². The highest BCUT2D eigenvalue weighted by Crippen LogP contribution is 2.07. The molecule has 98 valence electrons. The number of fused-ring (bicyclic) bond motifs is 1. The van der Waals surface area contributed by atoms with Crippen LogP contribution < -0.4 is 22.3 Å². The van der Waals surface area contributed by atoms with E-state index in [1.165, 1.54) is 4.57 Å². The van der Waals surface area contributed by atoms with Crippen molar-refractivity contribution >= 4 is 17.1 Å². The predicted octanol–water partition coefficient (Wildman–Crippen LogP) is -1.19. The quantitative estimate of drug-likeness (QED) is 0.634. The molecule has 0 aliphatic rings. The largest absolute Gasteiger partial charge is 0.354 e. The average molecular weight is 252 g/mol. The molecule has 0 amide bonds. The van der Waals surface area contributed by atoms with E-state index in [1.807, 2.05) is 0 Å². The Kier molecular flexibility index (Phi) is 3.19. The van der Waals surface area contributed by atoms with Gasteiger partial charge in [0.15, 0.2) is 11.2 Å². The fraction of sp³-hybridized carbons (Fsp3) is 0.500. The standard InChI is InChI=1S/C10H16N6O2/c1-3-16-8(17)6-7(15(2)10(16)18)14-9(13-6)12-5-4-11/h3-5,11H2,1-2H3,(H2,12,13,14). The summed E-state index contributed by atoms with van der Waals surface area (Å²) in [6.45, 7) is 3.06. The van der Waals surface area contributed by atoms with Crippen LogP contribution in [0.15, 0.2) is 9.59 Å². The van der Waals surface area contributed by atoms with Crippen molar-refractivity contribution in [2.24, 2.45) is 12.8 Å². The smallest absolute Gasteiger partial charge is 0.332 e. The number of rotatable bonds is 4. The monoisotopic (exact) mass is 252 g/mol. The number of aromatic nitrogens is 4. The number of aromatic amines is 1. The zero-order chi connectivity index (χ0) is 13.3. The van der Waals surface area contributed by atoms with E-state index < -0.39 is 0 Å². The van der Waals surface area contributed by atoms with Crippen LogP contribution in [0.2, 0.25) is 0 Å². The first-order valence-corrected chi connectivity index (χ1v) is 5.73. The van der Waals surface area contributed by atoms with E-state index in [0.29, 0.717) is 36.7 Å². The van der Waals surface area contributed by atoms with Crippen LogP contribution in [0.25, 0.3) is 11.2 Å². The van der Waals surface area contributed by atoms with Gasteiger partial charge in [0.1, 0.15) is 0 Å². The van der Waals surface area contributed by atoms with Crippen molar-refractivity contribution in [1.82, 2.24) is 19.1 Å². The molecule has 0 aliphatic carbocycles. The first-order valence-electron chi connectivity index (χ1n) is 5.73. The lowest BCUT2D eigenvalue weighted by Gasteiger charge is -2.03. The van der Waals surface area contributed by atoms with Gasteiger partial charge in [-0.3, -0.25) is 13.9 Å². The summed E-state index contributed by atoms with van der Waals surface area (Å²) in [5.74, 6) is 0.441. The van der Waals surface area contributed by atoms with Gasteiger partial charge in [-0.1, -0.05) is 0 Å². The Morgan fingerprint density at radius 1 is 1.44 bits per heavy atom. The van der Waals surface area contributed by atoms with E-state index in [4.69, 9.17) is 5.73 Å². The van der Waals surface area contributed by atoms with Crippen molar-refractivity contribution in [2.45, 2.75) is 13.5 Å². The molecule has 8 nitrogen and oxygen atoms in total. The fourth-order valence-corrected chi connectivity index (χ4v) is 1.80. The minimum absolute atomic E-state index is 0.318. The van der Waals surface area contributed by atoms with Crippen LogP contribution in [0.5, 0.6) is 0 Å². The van der Waals surface area contributed by atoms with Crippen molar-refractivity contribution in [1.29, 1.82) is 0 Å². The van der Waals surface area contributed by atoms with Crippen LogP contribution in [0.3, 0.4) is 0 Å². The minimum Gasteiger partial charge on any atom is -0.354 e. The van der Waals surface area contributed by atoms with Crippen molar-refractivity contribution in [3.63, 3.8) is 0 Å². The van der Waals surface area contributed by atoms with Crippen LogP contribution in [-0.4, -0.2) is 32.2 Å². The fourth-order valence-electron chi connectivity index (χ4n) is 1.80. The van der Waals surface area contributed by atoms with Gasteiger partial charge in [0.25, 0.3) is 5.56 Å². The number of hydrogen-bond donors (Lipinski definition) is 3. The van der Waals surface area contributed by atoms with E-state index in [1.54, 1.807) is 14.0 Å². The molecule has 0 bridgehead atoms. The third-order valence-corrected chi connectivity index (χ3v) is 2.73. The van der Waals surface area contributed by atoms with Crippen molar-refractivity contribution < 1.29 is 0 Å². The van der Waals surface area contributed by atoms with Gasteiger partial charge in [0.05, 0.1) is 0 Å². The highest BCUT2D eigenvalue weighted by molar-refractivity contribution is 5.72. The summed E-state index contributed by atoms with van der Waals surface area (Å²) >= 11 is 0. The number of anilines is 1. The second-order valence-electron chi connectivity index (χ2n) is 3.89. The summed E-state index contributed by atoms with van der Waals surface area (Å²) in [4.78, 5) is 31.0. The van der Waals surface area contributed by atoms with E-state index in [2.05, 4.69) is 15.3 Å². The summed E-state index contributed by atoms with van der Waals surface area (Å²) in [5.41, 5.74) is 5.31. The van der Waals surface area contributed by atoms with Crippen molar-refractivity contribution in [3.05, 3.63) is 20.8 Å². The molecule has 0 atom stereocenters. The molecule has 8 heteroatoms. The highest BCUT2D eigenvalue weighted by Gasteiger charge is 2.13. The Morgan fingerprint density at radius 3 is 2.78 bits per heavy atom. The number of nitrogens with zero attached hydrogens (tertiary/aromatic N) is 3. The number of aryl methyl sites for hydroxylation is 1. The Balaban J connectivity index is 2.69. The molecule has 0 saturated carbocycles. The Morgan fingerprint density at radius 2 is 2.17 bits per heavy atom. The van der Waals surface area contributed by atoms with Gasteiger partial charge in [0, 0.05) is 26.7 Å². The summed E-state index contributed by atoms with van der Waals surface area (Å²) in [6, 6.07) is 0. The molecular formula is C10H16N6O2. The van der Waals surface area contributed by atoms with Crippen LogP contribution >= 0.6 is 0 Å². The maximum absolute atomic E-state index is 12.0. The van der Waals surface area contributed by atoms with Crippen LogP contribution in [-0.2, 0) is 13.6 Å². The van der Waals surface area contributed by atoms with Gasteiger partial charge in [-0.05, 0) is 6.92 Å². The number of H-pyrrole nitrogens is 1. The molecule has 0 aliphatic heterocycles. The molecule has 2 rings (SSSR count). The molecule has 0 aromatic carbocycles. The first-order chi connectivity index (χ1) is 8.60. The van der Waals surface area contributed by atoms with Gasteiger partial charge < -0.3 is 16.0 Å². The number of hydrogen-bond acceptors (Lipinski definition) is 5. The second-order valence-corrected chi connectivity index (χ2v) is 3.89. The first kappa shape index (κ1) is 12.4. The topological polar surface area (TPSA) is 111 Å². The average Bonchev–Trinajstić information content (AvgIpc) is 2.79. The van der Waals surface area contributed by atoms with Gasteiger partial charge in [-0.2, -0.15) is 4.98 Å². The molecule has 18 heavy (non-hydrogen) atoms. The molecule has 0 saturated heterocycles. The summed E-state index contributed by atoms with van der Waals surface area (Å²) in [6.07, 6.45) is 0. The maximum atomic E-state index is 12.0. The normalized spacial score (nSPS) is 11.1. The highest BCUT2D eigenvalue weighted by atomic mass is 16.2. The SMILES string of the molecule is CCn1c(=O)c2[nH]c(NCCN)nc2n(C)c1=O. The minimum atomic E-state index is -0.369. The van der Waals surface area contributed by atoms with Crippen LogP contribution in [0, 0.1) is 0 Å². The molecule has 2 aromatic rings. The van der Waals surface area contributed by atoms with Crippen LogP contribution in [0.1, 0.15) is 6.92 Å². The Bertz CT molecular complexity index is 680. The summed E-state index contributed by atoms with van der Waals surface area (Å²) in [5, 5.41) is 2.94. The molecule has 0 spiro atoms. The van der Waals surface area contributed by atoms with E-state index >= 15 is 0 Å². The molecule has 2 aromatic heterocycles.